The van der Waals surface area contributed by atoms with Gasteiger partial charge >= 0.3 is 0 Å². The Bertz CT molecular complexity index is 961. The Hall–Kier alpha value is -2.66. The standard InChI is InChI=1S/C23H28N4O/c1-17(2)15-24-23(28)19-8-9-21-20(14-19)25-22-16-26(12-13-27(21)22)11-10-18-6-4-3-5-7-18/h3-9,14,17H,10-13,15-16H2,1-2H3,(H,24,28). The molecule has 5 heteroatoms. The van der Waals surface area contributed by atoms with Crippen LogP contribution in [-0.4, -0.2) is 40.0 Å². The van der Waals surface area contributed by atoms with Gasteiger partial charge in [0.15, 0.2) is 0 Å². The number of carbonyl (C=O) groups is 1. The molecule has 0 saturated heterocycles. The molecule has 0 spiro atoms. The molecule has 2 heterocycles. The van der Waals surface area contributed by atoms with Gasteiger partial charge in [0.2, 0.25) is 0 Å². The van der Waals surface area contributed by atoms with Gasteiger partial charge in [0.25, 0.3) is 5.91 Å². The molecule has 3 aromatic rings. The van der Waals surface area contributed by atoms with Crippen LogP contribution < -0.4 is 5.32 Å². The number of fused-ring (bicyclic) bond motifs is 3. The SMILES string of the molecule is CC(C)CNC(=O)c1ccc2c(c1)nc1n2CCN(CCc2ccccc2)C1. The van der Waals surface area contributed by atoms with Crippen molar-refractivity contribution in [2.45, 2.75) is 33.4 Å². The van der Waals surface area contributed by atoms with E-state index in [0.717, 1.165) is 49.5 Å². The van der Waals surface area contributed by atoms with E-state index in [1.54, 1.807) is 0 Å². The number of rotatable bonds is 6. The highest BCUT2D eigenvalue weighted by Gasteiger charge is 2.20. The van der Waals surface area contributed by atoms with E-state index >= 15 is 0 Å². The molecule has 0 aliphatic carbocycles. The molecule has 0 atom stereocenters. The average molecular weight is 377 g/mol. The first-order chi connectivity index (χ1) is 13.6. The molecule has 1 amide bonds. The molecule has 4 rings (SSSR count). The van der Waals surface area contributed by atoms with Gasteiger partial charge in [-0.3, -0.25) is 9.69 Å². The molecule has 0 bridgehead atoms. The van der Waals surface area contributed by atoms with Crippen molar-refractivity contribution in [1.29, 1.82) is 0 Å². The minimum atomic E-state index is -0.0222. The van der Waals surface area contributed by atoms with Gasteiger partial charge in [-0.15, -0.1) is 0 Å². The molecule has 5 nitrogen and oxygen atoms in total. The molecule has 146 valence electrons. The highest BCUT2D eigenvalue weighted by Crippen LogP contribution is 2.22. The highest BCUT2D eigenvalue weighted by atomic mass is 16.1. The maximum absolute atomic E-state index is 12.4. The predicted octanol–water partition coefficient (Wildman–Crippen LogP) is 3.48. The van der Waals surface area contributed by atoms with E-state index in [0.29, 0.717) is 18.0 Å². The van der Waals surface area contributed by atoms with E-state index in [1.165, 1.54) is 5.56 Å². The number of nitrogens with one attached hydrogen (secondary N) is 1. The van der Waals surface area contributed by atoms with Crippen molar-refractivity contribution in [2.24, 2.45) is 5.92 Å². The van der Waals surface area contributed by atoms with Crippen molar-refractivity contribution in [1.82, 2.24) is 19.8 Å². The van der Waals surface area contributed by atoms with Gasteiger partial charge in [-0.25, -0.2) is 4.98 Å². The van der Waals surface area contributed by atoms with E-state index in [2.05, 4.69) is 59.0 Å². The van der Waals surface area contributed by atoms with Crippen molar-refractivity contribution in [3.05, 3.63) is 65.5 Å². The van der Waals surface area contributed by atoms with Gasteiger partial charge in [-0.05, 0) is 36.1 Å². The Labute approximate surface area is 166 Å². The van der Waals surface area contributed by atoms with Crippen LogP contribution in [0, 0.1) is 5.92 Å². The van der Waals surface area contributed by atoms with Crippen LogP contribution >= 0.6 is 0 Å². The van der Waals surface area contributed by atoms with Gasteiger partial charge in [0.05, 0.1) is 17.6 Å². The lowest BCUT2D eigenvalue weighted by Crippen LogP contribution is -2.35. The van der Waals surface area contributed by atoms with Gasteiger partial charge in [0, 0.05) is 31.7 Å². The third-order valence-corrected chi connectivity index (χ3v) is 5.32. The highest BCUT2D eigenvalue weighted by molar-refractivity contribution is 5.97. The molecule has 0 unspecified atom stereocenters. The van der Waals surface area contributed by atoms with Crippen molar-refractivity contribution in [3.63, 3.8) is 0 Å². The summed E-state index contributed by atoms with van der Waals surface area (Å²) in [6, 6.07) is 16.5. The number of carbonyl (C=O) groups excluding carboxylic acids is 1. The zero-order valence-corrected chi connectivity index (χ0v) is 16.7. The summed E-state index contributed by atoms with van der Waals surface area (Å²) in [5, 5.41) is 2.98. The second-order valence-electron chi connectivity index (χ2n) is 8.00. The van der Waals surface area contributed by atoms with Crippen molar-refractivity contribution in [2.75, 3.05) is 19.6 Å². The predicted molar refractivity (Wildman–Crippen MR) is 112 cm³/mol. The number of hydrogen-bond donors (Lipinski definition) is 1. The van der Waals surface area contributed by atoms with Crippen LogP contribution in [0.3, 0.4) is 0 Å². The van der Waals surface area contributed by atoms with E-state index in [-0.39, 0.29) is 5.91 Å². The summed E-state index contributed by atoms with van der Waals surface area (Å²) in [5.41, 5.74) is 4.10. The minimum Gasteiger partial charge on any atom is -0.352 e. The van der Waals surface area contributed by atoms with E-state index in [4.69, 9.17) is 4.98 Å². The lowest BCUT2D eigenvalue weighted by molar-refractivity contribution is 0.0949. The minimum absolute atomic E-state index is 0.0222. The third kappa shape index (κ3) is 4.09. The fraction of sp³-hybridized carbons (Fsp3) is 0.391. The molecule has 1 N–H and O–H groups in total. The zero-order valence-electron chi connectivity index (χ0n) is 16.7. The molecule has 0 saturated carbocycles. The first-order valence-electron chi connectivity index (χ1n) is 10.1. The Morgan fingerprint density at radius 2 is 1.96 bits per heavy atom. The summed E-state index contributed by atoms with van der Waals surface area (Å²) in [5.74, 6) is 1.51. The topological polar surface area (TPSA) is 50.2 Å². The normalized spacial score (nSPS) is 14.4. The molecular formula is C23H28N4O. The van der Waals surface area contributed by atoms with E-state index in [1.807, 2.05) is 18.2 Å². The zero-order chi connectivity index (χ0) is 19.5. The average Bonchev–Trinajstić information content (AvgIpc) is 3.08. The molecule has 0 fully saturated rings. The summed E-state index contributed by atoms with van der Waals surface area (Å²) >= 11 is 0. The Balaban J connectivity index is 1.46. The summed E-state index contributed by atoms with van der Waals surface area (Å²) in [6.07, 6.45) is 1.06. The van der Waals surface area contributed by atoms with Crippen LogP contribution in [0.1, 0.15) is 35.6 Å². The van der Waals surface area contributed by atoms with Crippen molar-refractivity contribution in [3.8, 4) is 0 Å². The lowest BCUT2D eigenvalue weighted by atomic mass is 10.1. The van der Waals surface area contributed by atoms with Crippen LogP contribution in [0.15, 0.2) is 48.5 Å². The first kappa shape index (κ1) is 18.7. The summed E-state index contributed by atoms with van der Waals surface area (Å²) in [7, 11) is 0. The molecule has 1 aliphatic rings. The molecule has 1 aromatic heterocycles. The second-order valence-corrected chi connectivity index (χ2v) is 8.00. The monoisotopic (exact) mass is 376 g/mol. The maximum Gasteiger partial charge on any atom is 0.251 e. The number of aromatic nitrogens is 2. The fourth-order valence-electron chi connectivity index (χ4n) is 3.73. The smallest absolute Gasteiger partial charge is 0.251 e. The summed E-state index contributed by atoms with van der Waals surface area (Å²) in [6.45, 7) is 8.74. The van der Waals surface area contributed by atoms with Gasteiger partial charge in [-0.1, -0.05) is 44.2 Å². The number of hydrogen-bond acceptors (Lipinski definition) is 3. The Morgan fingerprint density at radius 1 is 1.14 bits per heavy atom. The largest absolute Gasteiger partial charge is 0.352 e. The number of amides is 1. The summed E-state index contributed by atoms with van der Waals surface area (Å²) in [4.78, 5) is 19.7. The third-order valence-electron chi connectivity index (χ3n) is 5.32. The van der Waals surface area contributed by atoms with Gasteiger partial charge in [0.1, 0.15) is 5.82 Å². The molecule has 28 heavy (non-hydrogen) atoms. The van der Waals surface area contributed by atoms with Crippen LogP contribution in [0.25, 0.3) is 11.0 Å². The maximum atomic E-state index is 12.4. The summed E-state index contributed by atoms with van der Waals surface area (Å²) < 4.78 is 2.30. The van der Waals surface area contributed by atoms with E-state index in [9.17, 15) is 4.79 Å². The van der Waals surface area contributed by atoms with E-state index < -0.39 is 0 Å². The second kappa shape index (κ2) is 8.15. The first-order valence-corrected chi connectivity index (χ1v) is 10.1. The number of nitrogens with zero attached hydrogens (tertiary/aromatic N) is 3. The number of imidazole rings is 1. The Kier molecular flexibility index (Phi) is 5.44. The van der Waals surface area contributed by atoms with Crippen LogP contribution in [-0.2, 0) is 19.5 Å². The van der Waals surface area contributed by atoms with Crippen molar-refractivity contribution >= 4 is 16.9 Å². The molecule has 0 radical (unpaired) electrons. The number of benzene rings is 2. The lowest BCUT2D eigenvalue weighted by Gasteiger charge is -2.27. The van der Waals surface area contributed by atoms with Crippen LogP contribution in [0.5, 0.6) is 0 Å². The fourth-order valence-corrected chi connectivity index (χ4v) is 3.73. The quantitative estimate of drug-likeness (QED) is 0.717. The molecular weight excluding hydrogens is 348 g/mol. The van der Waals surface area contributed by atoms with Crippen LogP contribution in [0.4, 0.5) is 0 Å². The molecule has 2 aromatic carbocycles. The van der Waals surface area contributed by atoms with Crippen LogP contribution in [0.2, 0.25) is 0 Å². The molecule has 1 aliphatic heterocycles. The van der Waals surface area contributed by atoms with Crippen molar-refractivity contribution < 1.29 is 4.79 Å². The Morgan fingerprint density at radius 3 is 2.75 bits per heavy atom. The van der Waals surface area contributed by atoms with Gasteiger partial charge in [-0.2, -0.15) is 0 Å². The van der Waals surface area contributed by atoms with Gasteiger partial charge < -0.3 is 9.88 Å².